The van der Waals surface area contributed by atoms with Gasteiger partial charge in [0.15, 0.2) is 5.82 Å². The molecular formula is C24H23N7O2. The third kappa shape index (κ3) is 3.81. The lowest BCUT2D eigenvalue weighted by atomic mass is 10.0. The summed E-state index contributed by atoms with van der Waals surface area (Å²) in [5.74, 6) is 2.14. The Bertz CT molecular complexity index is 1440. The minimum atomic E-state index is 0.601. The van der Waals surface area contributed by atoms with Gasteiger partial charge in [-0.3, -0.25) is 15.1 Å². The number of hydrogen-bond donors (Lipinski definition) is 2. The van der Waals surface area contributed by atoms with Crippen LogP contribution in [0.25, 0.3) is 44.5 Å². The Kier molecular flexibility index (Phi) is 4.97. The van der Waals surface area contributed by atoms with Crippen molar-refractivity contribution < 1.29 is 9.47 Å². The number of morpholine rings is 1. The molecule has 1 aliphatic rings. The zero-order chi connectivity index (χ0) is 22.2. The van der Waals surface area contributed by atoms with Crippen LogP contribution in [0.5, 0.6) is 5.88 Å². The molecule has 2 aromatic carbocycles. The zero-order valence-corrected chi connectivity index (χ0v) is 18.2. The van der Waals surface area contributed by atoms with Gasteiger partial charge < -0.3 is 9.47 Å². The number of nitrogens with zero attached hydrogens (tertiary/aromatic N) is 5. The predicted octanol–water partition coefficient (Wildman–Crippen LogP) is 3.40. The molecule has 1 saturated heterocycles. The van der Waals surface area contributed by atoms with E-state index >= 15 is 0 Å². The highest BCUT2D eigenvalue weighted by Crippen LogP contribution is 2.31. The number of benzene rings is 2. The third-order valence-electron chi connectivity index (χ3n) is 5.98. The Balaban J connectivity index is 1.32. The van der Waals surface area contributed by atoms with Crippen LogP contribution < -0.4 is 4.74 Å². The Labute approximate surface area is 189 Å². The Morgan fingerprint density at radius 1 is 0.939 bits per heavy atom. The normalized spacial score (nSPS) is 14.8. The Hall–Kier alpha value is -3.82. The molecule has 1 fully saturated rings. The maximum atomic E-state index is 5.42. The number of aromatic nitrogens is 6. The molecule has 33 heavy (non-hydrogen) atoms. The molecule has 0 radical (unpaired) electrons. The topological polar surface area (TPSA) is 105 Å². The van der Waals surface area contributed by atoms with Gasteiger partial charge in [-0.05, 0) is 36.4 Å². The van der Waals surface area contributed by atoms with Crippen molar-refractivity contribution in [1.82, 2.24) is 35.3 Å². The number of pyridine rings is 1. The number of hydrogen-bond acceptors (Lipinski definition) is 7. The molecule has 2 N–H and O–H groups in total. The average molecular weight is 441 g/mol. The van der Waals surface area contributed by atoms with E-state index in [0.717, 1.165) is 77.3 Å². The van der Waals surface area contributed by atoms with Gasteiger partial charge in [-0.1, -0.05) is 6.07 Å². The summed E-state index contributed by atoms with van der Waals surface area (Å²) in [5.41, 5.74) is 4.69. The molecule has 1 aliphatic heterocycles. The van der Waals surface area contributed by atoms with Crippen LogP contribution in [0.3, 0.4) is 0 Å². The van der Waals surface area contributed by atoms with Gasteiger partial charge in [0.05, 0.1) is 43.6 Å². The van der Waals surface area contributed by atoms with Crippen LogP contribution in [-0.2, 0) is 11.3 Å². The van der Waals surface area contributed by atoms with E-state index in [1.165, 1.54) is 0 Å². The van der Waals surface area contributed by atoms with Gasteiger partial charge in [-0.2, -0.15) is 10.2 Å². The molecule has 0 aliphatic carbocycles. The zero-order valence-electron chi connectivity index (χ0n) is 18.2. The minimum Gasteiger partial charge on any atom is -0.481 e. The molecule has 0 spiro atoms. The first-order chi connectivity index (χ1) is 16.3. The summed E-state index contributed by atoms with van der Waals surface area (Å²) in [6, 6.07) is 16.1. The number of H-pyrrole nitrogens is 2. The van der Waals surface area contributed by atoms with Gasteiger partial charge >= 0.3 is 0 Å². The number of rotatable bonds is 5. The van der Waals surface area contributed by atoms with Crippen LogP contribution in [0.15, 0.2) is 48.5 Å². The van der Waals surface area contributed by atoms with Gasteiger partial charge in [-0.15, -0.1) is 0 Å². The van der Waals surface area contributed by atoms with Crippen molar-refractivity contribution in [3.05, 3.63) is 54.4 Å². The molecule has 3 aromatic heterocycles. The first-order valence-corrected chi connectivity index (χ1v) is 10.9. The first kappa shape index (κ1) is 19.8. The molecule has 9 heteroatoms. The van der Waals surface area contributed by atoms with E-state index in [4.69, 9.17) is 14.5 Å². The SMILES string of the molecule is COc1ccc2cc(-c3n[nH]c4ccc(-c5n[nH]c(CN6CCOCC6)n5)cc34)ccc2n1. The van der Waals surface area contributed by atoms with Crippen molar-refractivity contribution in [1.29, 1.82) is 0 Å². The average Bonchev–Trinajstić information content (AvgIpc) is 3.51. The molecule has 5 aromatic rings. The molecule has 0 amide bonds. The van der Waals surface area contributed by atoms with Gasteiger partial charge in [0.25, 0.3) is 0 Å². The van der Waals surface area contributed by atoms with E-state index in [1.54, 1.807) is 7.11 Å². The summed E-state index contributed by atoms with van der Waals surface area (Å²) in [7, 11) is 1.62. The lowest BCUT2D eigenvalue weighted by molar-refractivity contribution is 0.0331. The molecule has 4 heterocycles. The number of fused-ring (bicyclic) bond motifs is 2. The summed E-state index contributed by atoms with van der Waals surface area (Å²) < 4.78 is 10.7. The predicted molar refractivity (Wildman–Crippen MR) is 125 cm³/mol. The maximum absolute atomic E-state index is 5.42. The quantitative estimate of drug-likeness (QED) is 0.431. The lowest BCUT2D eigenvalue weighted by Gasteiger charge is -2.25. The van der Waals surface area contributed by atoms with Crippen LogP contribution in [0.2, 0.25) is 0 Å². The van der Waals surface area contributed by atoms with Gasteiger partial charge in [0.2, 0.25) is 5.88 Å². The smallest absolute Gasteiger partial charge is 0.213 e. The molecule has 0 atom stereocenters. The van der Waals surface area contributed by atoms with Crippen molar-refractivity contribution in [3.63, 3.8) is 0 Å². The highest BCUT2D eigenvalue weighted by molar-refractivity contribution is 5.97. The first-order valence-electron chi connectivity index (χ1n) is 10.9. The van der Waals surface area contributed by atoms with Crippen LogP contribution in [0, 0.1) is 0 Å². The van der Waals surface area contributed by atoms with E-state index in [9.17, 15) is 0 Å². The molecule has 9 nitrogen and oxygen atoms in total. The highest BCUT2D eigenvalue weighted by Gasteiger charge is 2.15. The van der Waals surface area contributed by atoms with E-state index in [1.807, 2.05) is 36.4 Å². The second-order valence-corrected chi connectivity index (χ2v) is 8.09. The molecule has 0 unspecified atom stereocenters. The Morgan fingerprint density at radius 2 is 1.82 bits per heavy atom. The fraction of sp³-hybridized carbons (Fsp3) is 0.250. The number of methoxy groups -OCH3 is 1. The fourth-order valence-corrected chi connectivity index (χ4v) is 4.21. The minimum absolute atomic E-state index is 0.601. The molecule has 0 bridgehead atoms. The van der Waals surface area contributed by atoms with Crippen LogP contribution in [-0.4, -0.2) is 68.7 Å². The Morgan fingerprint density at radius 3 is 2.70 bits per heavy atom. The van der Waals surface area contributed by atoms with Gasteiger partial charge in [-0.25, -0.2) is 9.97 Å². The van der Waals surface area contributed by atoms with Crippen LogP contribution in [0.4, 0.5) is 0 Å². The van der Waals surface area contributed by atoms with E-state index in [2.05, 4.69) is 42.4 Å². The van der Waals surface area contributed by atoms with E-state index < -0.39 is 0 Å². The van der Waals surface area contributed by atoms with Crippen molar-refractivity contribution >= 4 is 21.8 Å². The monoisotopic (exact) mass is 441 g/mol. The van der Waals surface area contributed by atoms with Crippen molar-refractivity contribution in [2.75, 3.05) is 33.4 Å². The standard InChI is InChI=1S/C24H23N7O2/c1-32-22-7-4-15-12-16(2-5-19(15)25-22)23-18-13-17(3-6-20(18)27-29-23)24-26-21(28-30-24)14-31-8-10-33-11-9-31/h2-7,12-13H,8-11,14H2,1H3,(H,27,29)(H,26,28,30). The van der Waals surface area contributed by atoms with Crippen molar-refractivity contribution in [2.45, 2.75) is 6.54 Å². The summed E-state index contributed by atoms with van der Waals surface area (Å²) in [5, 5.41) is 17.3. The summed E-state index contributed by atoms with van der Waals surface area (Å²) in [4.78, 5) is 11.5. The molecule has 0 saturated carbocycles. The maximum Gasteiger partial charge on any atom is 0.213 e. The number of nitrogens with one attached hydrogen (secondary N) is 2. The van der Waals surface area contributed by atoms with Gasteiger partial charge in [0.1, 0.15) is 5.82 Å². The summed E-state index contributed by atoms with van der Waals surface area (Å²) in [6.07, 6.45) is 0. The van der Waals surface area contributed by atoms with E-state index in [-0.39, 0.29) is 0 Å². The third-order valence-corrected chi connectivity index (χ3v) is 5.98. The highest BCUT2D eigenvalue weighted by atomic mass is 16.5. The second-order valence-electron chi connectivity index (χ2n) is 8.09. The van der Waals surface area contributed by atoms with Crippen molar-refractivity contribution in [2.24, 2.45) is 0 Å². The van der Waals surface area contributed by atoms with Crippen LogP contribution >= 0.6 is 0 Å². The number of ether oxygens (including phenoxy) is 2. The fourth-order valence-electron chi connectivity index (χ4n) is 4.21. The second kappa shape index (κ2) is 8.27. The summed E-state index contributed by atoms with van der Waals surface area (Å²) >= 11 is 0. The molecular weight excluding hydrogens is 418 g/mol. The molecule has 166 valence electrons. The van der Waals surface area contributed by atoms with Crippen LogP contribution in [0.1, 0.15) is 5.82 Å². The van der Waals surface area contributed by atoms with Crippen molar-refractivity contribution in [3.8, 4) is 28.5 Å². The largest absolute Gasteiger partial charge is 0.481 e. The lowest BCUT2D eigenvalue weighted by Crippen LogP contribution is -2.35. The van der Waals surface area contributed by atoms with Gasteiger partial charge in [0, 0.05) is 41.1 Å². The molecule has 6 rings (SSSR count). The summed E-state index contributed by atoms with van der Waals surface area (Å²) in [6.45, 7) is 4.09. The van der Waals surface area contributed by atoms with E-state index in [0.29, 0.717) is 11.7 Å². The number of aromatic amines is 2.